The Kier molecular flexibility index (Phi) is 8.94. The van der Waals surface area contributed by atoms with Crippen LogP contribution in [0.4, 0.5) is 0 Å². The summed E-state index contributed by atoms with van der Waals surface area (Å²) in [6.07, 6.45) is -0.815. The molecule has 0 saturated carbocycles. The van der Waals surface area contributed by atoms with Gasteiger partial charge in [0.2, 0.25) is 0 Å². The van der Waals surface area contributed by atoms with Gasteiger partial charge < -0.3 is 20.5 Å². The number of carbonyl (C=O) groups is 3. The van der Waals surface area contributed by atoms with Crippen LogP contribution in [0.5, 0.6) is 0 Å². The SMILES string of the molecule is COC(=O)[C@@H](CCc1ccccc1)NC(=O)[C@H](O)[C@@H](NC(=O)c1ccccc1)c1ccccc1. The number of methoxy groups -OCH3 is 1. The highest BCUT2D eigenvalue weighted by Crippen LogP contribution is 2.19. The van der Waals surface area contributed by atoms with E-state index in [9.17, 15) is 19.5 Å². The number of amides is 2. The summed E-state index contributed by atoms with van der Waals surface area (Å²) in [5.74, 6) is -1.83. The Bertz CT molecular complexity index is 1070. The molecule has 3 N–H and O–H groups in total. The molecule has 0 spiro atoms. The van der Waals surface area contributed by atoms with E-state index >= 15 is 0 Å². The van der Waals surface area contributed by atoms with Gasteiger partial charge in [-0.1, -0.05) is 78.9 Å². The Morgan fingerprint density at radius 3 is 1.97 bits per heavy atom. The Morgan fingerprint density at radius 2 is 1.38 bits per heavy atom. The molecule has 3 aromatic carbocycles. The van der Waals surface area contributed by atoms with E-state index in [2.05, 4.69) is 10.6 Å². The molecule has 3 rings (SSSR count). The molecule has 0 saturated heterocycles. The number of nitrogens with one attached hydrogen (secondary N) is 2. The molecule has 7 heteroatoms. The minimum Gasteiger partial charge on any atom is -0.467 e. The number of hydrogen-bond donors (Lipinski definition) is 3. The minimum absolute atomic E-state index is 0.293. The first-order chi connectivity index (χ1) is 16.5. The van der Waals surface area contributed by atoms with Crippen molar-refractivity contribution >= 4 is 17.8 Å². The fourth-order valence-electron chi connectivity index (χ4n) is 3.57. The second-order valence-corrected chi connectivity index (χ2v) is 7.78. The number of benzene rings is 3. The Labute approximate surface area is 198 Å². The van der Waals surface area contributed by atoms with Crippen molar-refractivity contribution in [2.75, 3.05) is 7.11 Å². The highest BCUT2D eigenvalue weighted by Gasteiger charge is 2.32. The van der Waals surface area contributed by atoms with Gasteiger partial charge in [0, 0.05) is 5.56 Å². The molecule has 0 fully saturated rings. The Hall–Kier alpha value is -3.97. The first kappa shape index (κ1) is 24.7. The fourth-order valence-corrected chi connectivity index (χ4v) is 3.57. The number of ether oxygens (including phenoxy) is 1. The normalized spacial score (nSPS) is 13.2. The summed E-state index contributed by atoms with van der Waals surface area (Å²) in [5.41, 5.74) is 1.95. The number of carbonyl (C=O) groups excluding carboxylic acids is 3. The molecule has 3 aromatic rings. The van der Waals surface area contributed by atoms with E-state index < -0.39 is 36.0 Å². The third kappa shape index (κ3) is 6.76. The molecule has 34 heavy (non-hydrogen) atoms. The number of aryl methyl sites for hydroxylation is 1. The van der Waals surface area contributed by atoms with Gasteiger partial charge in [0.15, 0.2) is 6.10 Å². The maximum atomic E-state index is 13.0. The summed E-state index contributed by atoms with van der Waals surface area (Å²) >= 11 is 0. The van der Waals surface area contributed by atoms with Crippen molar-refractivity contribution in [3.8, 4) is 0 Å². The zero-order valence-corrected chi connectivity index (χ0v) is 18.9. The highest BCUT2D eigenvalue weighted by atomic mass is 16.5. The molecule has 7 nitrogen and oxygen atoms in total. The van der Waals surface area contributed by atoms with E-state index in [1.54, 1.807) is 60.7 Å². The van der Waals surface area contributed by atoms with Crippen LogP contribution in [0, 0.1) is 0 Å². The van der Waals surface area contributed by atoms with Crippen LogP contribution >= 0.6 is 0 Å². The molecule has 0 aromatic heterocycles. The lowest BCUT2D eigenvalue weighted by molar-refractivity contribution is -0.146. The van der Waals surface area contributed by atoms with Crippen molar-refractivity contribution in [1.82, 2.24) is 10.6 Å². The van der Waals surface area contributed by atoms with E-state index in [4.69, 9.17) is 4.74 Å². The smallest absolute Gasteiger partial charge is 0.328 e. The van der Waals surface area contributed by atoms with Crippen molar-refractivity contribution in [1.29, 1.82) is 0 Å². The highest BCUT2D eigenvalue weighted by molar-refractivity contribution is 5.95. The van der Waals surface area contributed by atoms with E-state index in [0.717, 1.165) is 5.56 Å². The largest absolute Gasteiger partial charge is 0.467 e. The number of hydrogen-bond acceptors (Lipinski definition) is 5. The van der Waals surface area contributed by atoms with Crippen LogP contribution < -0.4 is 10.6 Å². The molecule has 0 aliphatic rings. The van der Waals surface area contributed by atoms with Crippen LogP contribution in [0.1, 0.15) is 33.9 Å². The lowest BCUT2D eigenvalue weighted by Gasteiger charge is -2.26. The van der Waals surface area contributed by atoms with Crippen LogP contribution in [0.3, 0.4) is 0 Å². The van der Waals surface area contributed by atoms with Crippen molar-refractivity contribution in [2.45, 2.75) is 31.0 Å². The monoisotopic (exact) mass is 460 g/mol. The molecular weight excluding hydrogens is 432 g/mol. The second kappa shape index (κ2) is 12.3. The number of esters is 1. The van der Waals surface area contributed by atoms with Crippen molar-refractivity contribution in [2.24, 2.45) is 0 Å². The van der Waals surface area contributed by atoms with Crippen molar-refractivity contribution in [3.63, 3.8) is 0 Å². The quantitative estimate of drug-likeness (QED) is 0.404. The molecule has 2 amide bonds. The average molecular weight is 461 g/mol. The molecule has 0 heterocycles. The minimum atomic E-state index is -1.64. The molecule has 0 aliphatic carbocycles. The van der Waals surface area contributed by atoms with Gasteiger partial charge >= 0.3 is 5.97 Å². The van der Waals surface area contributed by atoms with Gasteiger partial charge in [0.05, 0.1) is 13.2 Å². The lowest BCUT2D eigenvalue weighted by atomic mass is 9.99. The van der Waals surface area contributed by atoms with Gasteiger partial charge in [-0.05, 0) is 36.1 Å². The summed E-state index contributed by atoms with van der Waals surface area (Å²) in [4.78, 5) is 38.1. The Balaban J connectivity index is 1.75. The van der Waals surface area contributed by atoms with E-state index in [1.807, 2.05) is 30.3 Å². The van der Waals surface area contributed by atoms with E-state index in [1.165, 1.54) is 7.11 Å². The van der Waals surface area contributed by atoms with Gasteiger partial charge in [-0.2, -0.15) is 0 Å². The molecular formula is C27H28N2O5. The number of aliphatic hydroxyl groups is 1. The summed E-state index contributed by atoms with van der Waals surface area (Å²) in [6, 6.07) is 24.8. The molecule has 176 valence electrons. The zero-order valence-electron chi connectivity index (χ0n) is 18.9. The summed E-state index contributed by atoms with van der Waals surface area (Å²) < 4.78 is 4.84. The van der Waals surface area contributed by atoms with Crippen LogP contribution in [0.2, 0.25) is 0 Å². The van der Waals surface area contributed by atoms with E-state index in [-0.39, 0.29) is 0 Å². The van der Waals surface area contributed by atoms with Gasteiger partial charge in [-0.3, -0.25) is 9.59 Å². The maximum absolute atomic E-state index is 13.0. The van der Waals surface area contributed by atoms with Crippen molar-refractivity contribution in [3.05, 3.63) is 108 Å². The number of aliphatic hydroxyl groups excluding tert-OH is 1. The molecule has 0 bridgehead atoms. The lowest BCUT2D eigenvalue weighted by Crippen LogP contribution is -2.50. The third-order valence-corrected chi connectivity index (χ3v) is 5.43. The number of rotatable bonds is 10. The predicted molar refractivity (Wildman–Crippen MR) is 128 cm³/mol. The van der Waals surface area contributed by atoms with Crippen LogP contribution in [0.15, 0.2) is 91.0 Å². The van der Waals surface area contributed by atoms with Crippen LogP contribution in [-0.2, 0) is 20.7 Å². The maximum Gasteiger partial charge on any atom is 0.328 e. The topological polar surface area (TPSA) is 105 Å². The molecule has 0 unspecified atom stereocenters. The zero-order chi connectivity index (χ0) is 24.3. The van der Waals surface area contributed by atoms with Gasteiger partial charge in [-0.15, -0.1) is 0 Å². The van der Waals surface area contributed by atoms with Crippen LogP contribution in [0.25, 0.3) is 0 Å². The first-order valence-corrected chi connectivity index (χ1v) is 11.0. The van der Waals surface area contributed by atoms with Gasteiger partial charge in [0.25, 0.3) is 11.8 Å². The average Bonchev–Trinajstić information content (AvgIpc) is 2.90. The molecule has 3 atom stereocenters. The third-order valence-electron chi connectivity index (χ3n) is 5.43. The van der Waals surface area contributed by atoms with Crippen LogP contribution in [-0.4, -0.2) is 42.1 Å². The summed E-state index contributed by atoms with van der Waals surface area (Å²) in [5, 5.41) is 16.3. The standard InChI is InChI=1S/C27H28N2O5/c1-34-27(33)22(18-17-19-11-5-2-6-12-19)28-26(32)24(30)23(20-13-7-3-8-14-20)29-25(31)21-15-9-4-10-16-21/h2-16,22-24,30H,17-18H2,1H3,(H,28,32)(H,29,31)/t22-,23+,24-/m1/s1. The van der Waals surface area contributed by atoms with Gasteiger partial charge in [0.1, 0.15) is 6.04 Å². The summed E-state index contributed by atoms with van der Waals surface area (Å²) in [6.45, 7) is 0. The molecule has 0 aliphatic heterocycles. The molecule has 0 radical (unpaired) electrons. The van der Waals surface area contributed by atoms with Crippen molar-refractivity contribution < 1.29 is 24.2 Å². The van der Waals surface area contributed by atoms with E-state index in [0.29, 0.717) is 24.0 Å². The predicted octanol–water partition coefficient (Wildman–Crippen LogP) is 2.81. The Morgan fingerprint density at radius 1 is 0.824 bits per heavy atom. The van der Waals surface area contributed by atoms with Gasteiger partial charge in [-0.25, -0.2) is 4.79 Å². The fraction of sp³-hybridized carbons (Fsp3) is 0.222. The first-order valence-electron chi connectivity index (χ1n) is 11.0. The summed E-state index contributed by atoms with van der Waals surface area (Å²) in [7, 11) is 1.24. The second-order valence-electron chi connectivity index (χ2n) is 7.78.